The Morgan fingerprint density at radius 2 is 1.70 bits per heavy atom. The number of hydrogen-bond acceptors (Lipinski definition) is 3. The molecule has 144 valence electrons. The molecule has 6 nitrogen and oxygen atoms in total. The van der Waals surface area contributed by atoms with Crippen LogP contribution in [0.25, 0.3) is 0 Å². The normalized spacial score (nSPS) is 19.8. The molecule has 3 heterocycles. The van der Waals surface area contributed by atoms with E-state index in [-0.39, 0.29) is 11.8 Å². The highest BCUT2D eigenvalue weighted by Crippen LogP contribution is 2.42. The van der Waals surface area contributed by atoms with Crippen LogP contribution in [0.1, 0.15) is 43.7 Å². The number of aldehydes is 1. The number of nitrogens with zero attached hydrogens (tertiary/aromatic N) is 3. The first-order chi connectivity index (χ1) is 13.1. The van der Waals surface area contributed by atoms with Crippen molar-refractivity contribution in [2.45, 2.75) is 39.9 Å². The van der Waals surface area contributed by atoms with E-state index in [9.17, 15) is 9.59 Å². The molecule has 4 rings (SSSR count). The predicted molar refractivity (Wildman–Crippen MR) is 104 cm³/mol. The Balaban J connectivity index is 0.000000478. The summed E-state index contributed by atoms with van der Waals surface area (Å²) in [5.74, 6) is -0.0152. The molecule has 1 atom stereocenters. The second-order valence-corrected chi connectivity index (χ2v) is 6.07. The van der Waals surface area contributed by atoms with E-state index in [0.717, 1.165) is 11.8 Å². The average Bonchev–Trinajstić information content (AvgIpc) is 3.30. The van der Waals surface area contributed by atoms with E-state index >= 15 is 0 Å². The smallest absolute Gasteiger partial charge is 0.272 e. The molecule has 0 saturated carbocycles. The third kappa shape index (κ3) is 3.39. The van der Waals surface area contributed by atoms with Crippen molar-refractivity contribution in [3.63, 3.8) is 0 Å². The van der Waals surface area contributed by atoms with E-state index in [0.29, 0.717) is 25.3 Å². The molecular formula is C21H27N3O3. The van der Waals surface area contributed by atoms with Gasteiger partial charge in [-0.2, -0.15) is 0 Å². The Bertz CT molecular complexity index is 800. The Morgan fingerprint density at radius 3 is 2.30 bits per heavy atom. The number of carbonyl (C=O) groups excluding carboxylic acids is 3. The highest BCUT2D eigenvalue weighted by molar-refractivity contribution is 5.95. The molecule has 0 radical (unpaired) electrons. The molecule has 27 heavy (non-hydrogen) atoms. The Labute approximate surface area is 160 Å². The number of rotatable bonds is 1. The van der Waals surface area contributed by atoms with E-state index in [2.05, 4.69) is 0 Å². The maximum absolute atomic E-state index is 12.9. The van der Waals surface area contributed by atoms with Crippen molar-refractivity contribution in [1.82, 2.24) is 14.4 Å². The third-order valence-corrected chi connectivity index (χ3v) is 4.74. The van der Waals surface area contributed by atoms with E-state index in [4.69, 9.17) is 4.79 Å². The minimum atomic E-state index is -0.712. The highest BCUT2D eigenvalue weighted by Gasteiger charge is 2.55. The van der Waals surface area contributed by atoms with Crippen LogP contribution in [0.5, 0.6) is 0 Å². The molecule has 0 spiro atoms. The summed E-state index contributed by atoms with van der Waals surface area (Å²) in [4.78, 5) is 37.6. The standard InChI is InChI=1S/C17H17N3O2.C2H4O.C2H6/c1-13(21)19-10-11-20-16(22)15-8-5-9-18(15)12-17(19,20)14-6-3-2-4-7-14;1-2-3;1-2/h2-9H,10-12H2,1H3;2H,1H3;1-2H3. The van der Waals surface area contributed by atoms with Crippen LogP contribution in [0, 0.1) is 0 Å². The zero-order chi connectivity index (χ0) is 20.0. The van der Waals surface area contributed by atoms with Crippen LogP contribution in [0.2, 0.25) is 0 Å². The summed E-state index contributed by atoms with van der Waals surface area (Å²) in [5.41, 5.74) is 0.961. The Kier molecular flexibility index (Phi) is 6.55. The van der Waals surface area contributed by atoms with Crippen molar-refractivity contribution in [3.8, 4) is 0 Å². The van der Waals surface area contributed by atoms with Crippen molar-refractivity contribution < 1.29 is 14.4 Å². The van der Waals surface area contributed by atoms with Crippen LogP contribution >= 0.6 is 0 Å². The van der Waals surface area contributed by atoms with Gasteiger partial charge in [0.15, 0.2) is 5.66 Å². The van der Waals surface area contributed by atoms with Crippen LogP contribution in [0.3, 0.4) is 0 Å². The Morgan fingerprint density at radius 1 is 1.07 bits per heavy atom. The molecule has 2 aromatic rings. The fourth-order valence-electron chi connectivity index (χ4n) is 3.80. The number of aromatic nitrogens is 1. The van der Waals surface area contributed by atoms with Crippen molar-refractivity contribution in [1.29, 1.82) is 0 Å². The zero-order valence-corrected chi connectivity index (χ0v) is 16.4. The van der Waals surface area contributed by atoms with Gasteiger partial charge in [0, 0.05) is 26.2 Å². The molecule has 1 unspecified atom stereocenters. The first-order valence-corrected chi connectivity index (χ1v) is 9.27. The predicted octanol–water partition coefficient (Wildman–Crippen LogP) is 2.89. The van der Waals surface area contributed by atoms with E-state index < -0.39 is 5.66 Å². The van der Waals surface area contributed by atoms with Gasteiger partial charge in [0.1, 0.15) is 12.0 Å². The molecule has 6 heteroatoms. The lowest BCUT2D eigenvalue weighted by atomic mass is 9.94. The van der Waals surface area contributed by atoms with Crippen molar-refractivity contribution in [2.75, 3.05) is 13.1 Å². The number of amides is 2. The topological polar surface area (TPSA) is 62.6 Å². The van der Waals surface area contributed by atoms with Crippen molar-refractivity contribution >= 4 is 18.1 Å². The van der Waals surface area contributed by atoms with Gasteiger partial charge >= 0.3 is 0 Å². The van der Waals surface area contributed by atoms with Gasteiger partial charge in [-0.25, -0.2) is 0 Å². The lowest BCUT2D eigenvalue weighted by Crippen LogP contribution is -2.59. The molecule has 0 bridgehead atoms. The second-order valence-electron chi connectivity index (χ2n) is 6.07. The van der Waals surface area contributed by atoms with Gasteiger partial charge in [0.2, 0.25) is 5.91 Å². The summed E-state index contributed by atoms with van der Waals surface area (Å²) in [6.45, 7) is 8.73. The van der Waals surface area contributed by atoms with Crippen LogP contribution < -0.4 is 0 Å². The largest absolute Gasteiger partial charge is 0.339 e. The fourth-order valence-corrected chi connectivity index (χ4v) is 3.80. The number of hydrogen-bond donors (Lipinski definition) is 0. The summed E-state index contributed by atoms with van der Waals surface area (Å²) in [6.07, 6.45) is 2.66. The fraction of sp³-hybridized carbons (Fsp3) is 0.381. The molecule has 2 aliphatic heterocycles. The van der Waals surface area contributed by atoms with Gasteiger partial charge in [-0.15, -0.1) is 0 Å². The average molecular weight is 369 g/mol. The van der Waals surface area contributed by atoms with Gasteiger partial charge < -0.3 is 19.2 Å². The van der Waals surface area contributed by atoms with Crippen LogP contribution in [-0.2, 0) is 21.8 Å². The maximum atomic E-state index is 12.9. The summed E-state index contributed by atoms with van der Waals surface area (Å²) >= 11 is 0. The quantitative estimate of drug-likeness (QED) is 0.726. The lowest BCUT2D eigenvalue weighted by molar-refractivity contribution is -0.138. The molecule has 2 amide bonds. The number of benzene rings is 1. The van der Waals surface area contributed by atoms with Crippen LogP contribution in [0.4, 0.5) is 0 Å². The maximum Gasteiger partial charge on any atom is 0.272 e. The third-order valence-electron chi connectivity index (χ3n) is 4.74. The SMILES string of the molecule is CC.CC(=O)N1CCN2C(=O)c3cccn3CC12c1ccccc1.CC=O. The van der Waals surface area contributed by atoms with Crippen LogP contribution in [-0.4, -0.2) is 45.6 Å². The zero-order valence-electron chi connectivity index (χ0n) is 16.4. The molecule has 0 N–H and O–H groups in total. The summed E-state index contributed by atoms with van der Waals surface area (Å²) < 4.78 is 1.95. The number of fused-ring (bicyclic) bond motifs is 2. The molecule has 1 aromatic heterocycles. The molecular weight excluding hydrogens is 342 g/mol. The second kappa shape index (κ2) is 8.66. The van der Waals surface area contributed by atoms with Crippen LogP contribution in [0.15, 0.2) is 48.7 Å². The summed E-state index contributed by atoms with van der Waals surface area (Å²) in [6, 6.07) is 13.6. The lowest BCUT2D eigenvalue weighted by Gasteiger charge is -2.47. The minimum absolute atomic E-state index is 0.00485. The molecule has 1 saturated heterocycles. The summed E-state index contributed by atoms with van der Waals surface area (Å²) in [5, 5.41) is 0. The molecule has 1 fully saturated rings. The van der Waals surface area contributed by atoms with Gasteiger partial charge in [-0.1, -0.05) is 44.2 Å². The van der Waals surface area contributed by atoms with Gasteiger partial charge in [-0.05, 0) is 24.6 Å². The summed E-state index contributed by atoms with van der Waals surface area (Å²) in [7, 11) is 0. The van der Waals surface area contributed by atoms with Crippen molar-refractivity contribution in [3.05, 3.63) is 59.9 Å². The van der Waals surface area contributed by atoms with Crippen molar-refractivity contribution in [2.24, 2.45) is 0 Å². The Hall–Kier alpha value is -2.89. The van der Waals surface area contributed by atoms with E-state index in [1.165, 1.54) is 6.92 Å². The molecule has 1 aromatic carbocycles. The first kappa shape index (κ1) is 20.4. The van der Waals surface area contributed by atoms with Gasteiger partial charge in [-0.3, -0.25) is 9.59 Å². The van der Waals surface area contributed by atoms with E-state index in [1.54, 1.807) is 6.92 Å². The first-order valence-electron chi connectivity index (χ1n) is 9.27. The number of carbonyl (C=O) groups is 3. The highest BCUT2D eigenvalue weighted by atomic mass is 16.2. The van der Waals surface area contributed by atoms with E-state index in [1.807, 2.05) is 76.9 Å². The molecule has 0 aliphatic carbocycles. The van der Waals surface area contributed by atoms with Gasteiger partial charge in [0.25, 0.3) is 5.91 Å². The van der Waals surface area contributed by atoms with Gasteiger partial charge in [0.05, 0.1) is 6.54 Å². The molecule has 2 aliphatic rings. The monoisotopic (exact) mass is 369 g/mol. The minimum Gasteiger partial charge on any atom is -0.339 e.